The molecule has 1 aromatic heterocycles. The molecule has 6 heteroatoms. The molecule has 3 rings (SSSR count). The predicted octanol–water partition coefficient (Wildman–Crippen LogP) is 5.35. The van der Waals surface area contributed by atoms with Gasteiger partial charge in [0.2, 0.25) is 5.95 Å². The number of ether oxygens (including phenoxy) is 1. The smallest absolute Gasteiger partial charge is 0.229 e. The Morgan fingerprint density at radius 1 is 0.960 bits per heavy atom. The van der Waals surface area contributed by atoms with Gasteiger partial charge in [0.25, 0.3) is 0 Å². The van der Waals surface area contributed by atoms with Gasteiger partial charge in [-0.05, 0) is 49.7 Å². The SMILES string of the molecule is COc1ccc(C)cc1Nc1nc(C)cc(Nc2cccc(Br)c2)n1. The third-order valence-corrected chi connectivity index (χ3v) is 4.05. The minimum atomic E-state index is 0.515. The van der Waals surface area contributed by atoms with E-state index in [1.54, 1.807) is 7.11 Å². The van der Waals surface area contributed by atoms with Crippen molar-refractivity contribution in [2.45, 2.75) is 13.8 Å². The highest BCUT2D eigenvalue weighted by molar-refractivity contribution is 9.10. The molecule has 0 aliphatic rings. The number of hydrogen-bond acceptors (Lipinski definition) is 5. The zero-order valence-corrected chi connectivity index (χ0v) is 15.9. The van der Waals surface area contributed by atoms with Gasteiger partial charge in [-0.2, -0.15) is 4.98 Å². The van der Waals surface area contributed by atoms with E-state index in [4.69, 9.17) is 4.74 Å². The van der Waals surface area contributed by atoms with Gasteiger partial charge in [0, 0.05) is 21.9 Å². The molecule has 0 unspecified atom stereocenters. The Morgan fingerprint density at radius 3 is 2.56 bits per heavy atom. The third kappa shape index (κ3) is 4.48. The third-order valence-electron chi connectivity index (χ3n) is 3.55. The molecule has 128 valence electrons. The molecule has 0 amide bonds. The molecule has 3 aromatic rings. The summed E-state index contributed by atoms with van der Waals surface area (Å²) in [4.78, 5) is 9.02. The van der Waals surface area contributed by atoms with E-state index in [0.29, 0.717) is 5.95 Å². The molecule has 2 N–H and O–H groups in total. The van der Waals surface area contributed by atoms with Crippen molar-refractivity contribution in [1.82, 2.24) is 9.97 Å². The van der Waals surface area contributed by atoms with Gasteiger partial charge in [0.1, 0.15) is 11.6 Å². The number of nitrogens with zero attached hydrogens (tertiary/aromatic N) is 2. The lowest BCUT2D eigenvalue weighted by Crippen LogP contribution is -2.03. The van der Waals surface area contributed by atoms with Crippen molar-refractivity contribution < 1.29 is 4.74 Å². The van der Waals surface area contributed by atoms with Gasteiger partial charge in [-0.15, -0.1) is 0 Å². The summed E-state index contributed by atoms with van der Waals surface area (Å²) in [6.45, 7) is 3.97. The Morgan fingerprint density at radius 2 is 1.80 bits per heavy atom. The molecule has 1 heterocycles. The fourth-order valence-corrected chi connectivity index (χ4v) is 2.84. The summed E-state index contributed by atoms with van der Waals surface area (Å²) >= 11 is 3.47. The van der Waals surface area contributed by atoms with Crippen molar-refractivity contribution >= 4 is 39.1 Å². The fraction of sp³-hybridized carbons (Fsp3) is 0.158. The first-order valence-electron chi connectivity index (χ1n) is 7.83. The van der Waals surface area contributed by atoms with Gasteiger partial charge in [-0.1, -0.05) is 28.1 Å². The van der Waals surface area contributed by atoms with Crippen LogP contribution in [0.5, 0.6) is 5.75 Å². The van der Waals surface area contributed by atoms with E-state index in [2.05, 4.69) is 36.5 Å². The van der Waals surface area contributed by atoms with Gasteiger partial charge in [0.15, 0.2) is 0 Å². The molecule has 25 heavy (non-hydrogen) atoms. The molecular weight excluding hydrogens is 380 g/mol. The van der Waals surface area contributed by atoms with E-state index >= 15 is 0 Å². The van der Waals surface area contributed by atoms with E-state index in [1.807, 2.05) is 62.4 Å². The lowest BCUT2D eigenvalue weighted by atomic mass is 10.2. The van der Waals surface area contributed by atoms with E-state index < -0.39 is 0 Å². The van der Waals surface area contributed by atoms with Gasteiger partial charge in [-0.25, -0.2) is 4.98 Å². The zero-order chi connectivity index (χ0) is 17.8. The monoisotopic (exact) mass is 398 g/mol. The molecule has 0 saturated heterocycles. The zero-order valence-electron chi connectivity index (χ0n) is 14.3. The first-order chi connectivity index (χ1) is 12.0. The van der Waals surface area contributed by atoms with Crippen LogP contribution in [0.1, 0.15) is 11.3 Å². The van der Waals surface area contributed by atoms with Gasteiger partial charge in [0.05, 0.1) is 12.8 Å². The molecular formula is C19H19BrN4O. The molecule has 0 bridgehead atoms. The molecule has 0 saturated carbocycles. The Kier molecular flexibility index (Phi) is 5.19. The molecule has 2 aromatic carbocycles. The summed E-state index contributed by atoms with van der Waals surface area (Å²) in [5.41, 5.74) is 3.78. The number of benzene rings is 2. The number of methoxy groups -OCH3 is 1. The summed E-state index contributed by atoms with van der Waals surface area (Å²) in [6.07, 6.45) is 0. The average molecular weight is 399 g/mol. The minimum Gasteiger partial charge on any atom is -0.495 e. The molecule has 0 radical (unpaired) electrons. The largest absolute Gasteiger partial charge is 0.495 e. The van der Waals surface area contributed by atoms with Crippen LogP contribution in [0.4, 0.5) is 23.1 Å². The summed E-state index contributed by atoms with van der Waals surface area (Å²) < 4.78 is 6.41. The van der Waals surface area contributed by atoms with Crippen molar-refractivity contribution in [1.29, 1.82) is 0 Å². The summed E-state index contributed by atoms with van der Waals surface area (Å²) in [5, 5.41) is 6.55. The van der Waals surface area contributed by atoms with Crippen LogP contribution in [0, 0.1) is 13.8 Å². The number of aryl methyl sites for hydroxylation is 2. The number of rotatable bonds is 5. The number of hydrogen-bond donors (Lipinski definition) is 2. The number of halogens is 1. The lowest BCUT2D eigenvalue weighted by Gasteiger charge is -2.13. The first kappa shape index (κ1) is 17.2. The molecule has 0 aliphatic carbocycles. The second-order valence-electron chi connectivity index (χ2n) is 5.68. The number of anilines is 4. The van der Waals surface area contributed by atoms with Crippen LogP contribution in [0.3, 0.4) is 0 Å². The van der Waals surface area contributed by atoms with Crippen LogP contribution < -0.4 is 15.4 Å². The van der Waals surface area contributed by atoms with Crippen molar-refractivity contribution in [3.8, 4) is 5.75 Å². The second-order valence-corrected chi connectivity index (χ2v) is 6.60. The van der Waals surface area contributed by atoms with Gasteiger partial charge in [-0.3, -0.25) is 0 Å². The van der Waals surface area contributed by atoms with E-state index in [9.17, 15) is 0 Å². The normalized spacial score (nSPS) is 10.4. The highest BCUT2D eigenvalue weighted by Crippen LogP contribution is 2.28. The predicted molar refractivity (Wildman–Crippen MR) is 105 cm³/mol. The number of nitrogens with one attached hydrogen (secondary N) is 2. The van der Waals surface area contributed by atoms with Crippen LogP contribution in [-0.4, -0.2) is 17.1 Å². The summed E-state index contributed by atoms with van der Waals surface area (Å²) in [5.74, 6) is 1.98. The number of aromatic nitrogens is 2. The molecule has 0 spiro atoms. The lowest BCUT2D eigenvalue weighted by molar-refractivity contribution is 0.416. The highest BCUT2D eigenvalue weighted by atomic mass is 79.9. The van der Waals surface area contributed by atoms with Crippen LogP contribution in [0.2, 0.25) is 0 Å². The minimum absolute atomic E-state index is 0.515. The fourth-order valence-electron chi connectivity index (χ4n) is 2.44. The molecule has 0 atom stereocenters. The van der Waals surface area contributed by atoms with Gasteiger partial charge >= 0.3 is 0 Å². The molecule has 0 fully saturated rings. The average Bonchev–Trinajstić information content (AvgIpc) is 2.54. The topological polar surface area (TPSA) is 59.1 Å². The molecule has 5 nitrogen and oxygen atoms in total. The Balaban J connectivity index is 1.88. The van der Waals surface area contributed by atoms with Crippen molar-refractivity contribution in [3.05, 3.63) is 64.3 Å². The summed E-state index contributed by atoms with van der Waals surface area (Å²) in [7, 11) is 1.65. The van der Waals surface area contributed by atoms with Crippen LogP contribution in [0.15, 0.2) is 53.0 Å². The second kappa shape index (κ2) is 7.53. The van der Waals surface area contributed by atoms with E-state index in [0.717, 1.165) is 38.7 Å². The molecule has 0 aliphatic heterocycles. The van der Waals surface area contributed by atoms with Gasteiger partial charge < -0.3 is 15.4 Å². The van der Waals surface area contributed by atoms with Crippen LogP contribution >= 0.6 is 15.9 Å². The Labute approximate surface area is 155 Å². The maximum atomic E-state index is 5.40. The highest BCUT2D eigenvalue weighted by Gasteiger charge is 2.08. The standard InChI is InChI=1S/C19H19BrN4O/c1-12-7-8-17(25-3)16(9-12)23-19-21-13(2)10-18(24-19)22-15-6-4-5-14(20)11-15/h4-11H,1-3H3,(H2,21,22,23,24). The maximum absolute atomic E-state index is 5.40. The first-order valence-corrected chi connectivity index (χ1v) is 8.63. The maximum Gasteiger partial charge on any atom is 0.229 e. The van der Waals surface area contributed by atoms with Crippen molar-refractivity contribution in [2.75, 3.05) is 17.7 Å². The van der Waals surface area contributed by atoms with Crippen molar-refractivity contribution in [3.63, 3.8) is 0 Å². The van der Waals surface area contributed by atoms with Crippen LogP contribution in [0.25, 0.3) is 0 Å². The van der Waals surface area contributed by atoms with E-state index in [1.165, 1.54) is 0 Å². The Hall–Kier alpha value is -2.60. The quantitative estimate of drug-likeness (QED) is 0.606. The van der Waals surface area contributed by atoms with Crippen LogP contribution in [-0.2, 0) is 0 Å². The van der Waals surface area contributed by atoms with E-state index in [-0.39, 0.29) is 0 Å². The summed E-state index contributed by atoms with van der Waals surface area (Å²) in [6, 6.07) is 15.8. The van der Waals surface area contributed by atoms with Crippen molar-refractivity contribution in [2.24, 2.45) is 0 Å². The Bertz CT molecular complexity index is 898.